The summed E-state index contributed by atoms with van der Waals surface area (Å²) in [6.07, 6.45) is 3.88. The Hall–Kier alpha value is -2.18. The van der Waals surface area contributed by atoms with Gasteiger partial charge >= 0.3 is 0 Å². The summed E-state index contributed by atoms with van der Waals surface area (Å²) in [7, 11) is 1.56. The summed E-state index contributed by atoms with van der Waals surface area (Å²) in [5.41, 5.74) is 2.26. The molecule has 1 fully saturated rings. The van der Waals surface area contributed by atoms with Crippen LogP contribution in [0.2, 0.25) is 0 Å². The number of carbonyl (C=O) groups is 1. The van der Waals surface area contributed by atoms with Crippen LogP contribution in [0.5, 0.6) is 0 Å². The van der Waals surface area contributed by atoms with Crippen molar-refractivity contribution in [3.8, 4) is 0 Å². The number of nitrogens with zero attached hydrogens (tertiary/aromatic N) is 2. The molecule has 1 aliphatic rings. The van der Waals surface area contributed by atoms with E-state index in [-0.39, 0.29) is 11.6 Å². The fraction of sp³-hybridized carbons (Fsp3) is 0.474. The molecule has 0 bridgehead atoms. The predicted octanol–water partition coefficient (Wildman–Crippen LogP) is 3.45. The molecule has 6 nitrogen and oxygen atoms in total. The third-order valence-electron chi connectivity index (χ3n) is 4.62. The second-order valence-electron chi connectivity index (χ2n) is 6.58. The molecule has 0 spiro atoms. The van der Waals surface area contributed by atoms with Crippen molar-refractivity contribution in [1.29, 1.82) is 0 Å². The van der Waals surface area contributed by atoms with E-state index in [2.05, 4.69) is 34.4 Å². The first-order chi connectivity index (χ1) is 12.2. The number of methoxy groups -OCH3 is 1. The van der Waals surface area contributed by atoms with Gasteiger partial charge in [-0.1, -0.05) is 23.7 Å². The minimum absolute atomic E-state index is 0.248. The number of piperidine rings is 1. The molecular formula is C19H25N3O3. The van der Waals surface area contributed by atoms with Gasteiger partial charge in [0.15, 0.2) is 11.5 Å². The Morgan fingerprint density at radius 3 is 2.88 bits per heavy atom. The molecule has 1 atom stereocenters. The number of carbonyl (C=O) groups excluding carboxylic acids is 1. The monoisotopic (exact) mass is 343 g/mol. The zero-order valence-electron chi connectivity index (χ0n) is 14.8. The van der Waals surface area contributed by atoms with Crippen molar-refractivity contribution in [3.05, 3.63) is 47.3 Å². The van der Waals surface area contributed by atoms with Crippen LogP contribution in [0.4, 0.5) is 5.69 Å². The number of rotatable bonds is 6. The third-order valence-corrected chi connectivity index (χ3v) is 4.62. The van der Waals surface area contributed by atoms with Crippen LogP contribution in [-0.2, 0) is 17.9 Å². The van der Waals surface area contributed by atoms with Crippen LogP contribution in [0.25, 0.3) is 0 Å². The van der Waals surface area contributed by atoms with E-state index in [0.29, 0.717) is 18.4 Å². The van der Waals surface area contributed by atoms with Crippen molar-refractivity contribution in [2.45, 2.75) is 45.4 Å². The number of nitrogens with one attached hydrogen (secondary N) is 1. The van der Waals surface area contributed by atoms with Crippen LogP contribution in [0.3, 0.4) is 0 Å². The zero-order chi connectivity index (χ0) is 17.6. The highest BCUT2D eigenvalue weighted by molar-refractivity contribution is 6.02. The van der Waals surface area contributed by atoms with Crippen molar-refractivity contribution in [2.24, 2.45) is 0 Å². The van der Waals surface area contributed by atoms with Gasteiger partial charge < -0.3 is 14.6 Å². The van der Waals surface area contributed by atoms with E-state index < -0.39 is 0 Å². The Kier molecular flexibility index (Phi) is 5.83. The highest BCUT2D eigenvalue weighted by atomic mass is 16.5. The summed E-state index contributed by atoms with van der Waals surface area (Å²) in [4.78, 5) is 14.7. The molecule has 3 rings (SSSR count). The first-order valence-electron chi connectivity index (χ1n) is 8.74. The molecule has 0 saturated carbocycles. The molecular weight excluding hydrogens is 318 g/mol. The maximum atomic E-state index is 12.2. The van der Waals surface area contributed by atoms with Gasteiger partial charge in [0.2, 0.25) is 0 Å². The number of likely N-dealkylation sites (tertiary alicyclic amines) is 1. The lowest BCUT2D eigenvalue weighted by Gasteiger charge is -2.33. The molecule has 6 heteroatoms. The molecule has 0 unspecified atom stereocenters. The number of ether oxygens (including phenoxy) is 1. The molecule has 1 saturated heterocycles. The second-order valence-corrected chi connectivity index (χ2v) is 6.58. The fourth-order valence-corrected chi connectivity index (χ4v) is 3.15. The minimum atomic E-state index is -0.288. The van der Waals surface area contributed by atoms with Crippen LogP contribution in [0, 0.1) is 0 Å². The lowest BCUT2D eigenvalue weighted by Crippen LogP contribution is -2.36. The number of hydrogen-bond acceptors (Lipinski definition) is 5. The largest absolute Gasteiger partial charge is 0.377 e. The van der Waals surface area contributed by atoms with Crippen molar-refractivity contribution < 1.29 is 14.1 Å². The summed E-state index contributed by atoms with van der Waals surface area (Å²) < 4.78 is 9.99. The standard InChI is InChI=1S/C19H25N3O3/c1-14-5-3-4-10-22(14)12-15-6-8-16(9-7-15)20-19(23)18-11-17(13-24-2)25-21-18/h6-9,11,14H,3-5,10,12-13H2,1-2H3,(H,20,23)/t14-/m0/s1. The lowest BCUT2D eigenvalue weighted by molar-refractivity contribution is 0.101. The molecule has 0 radical (unpaired) electrons. The summed E-state index contributed by atoms with van der Waals surface area (Å²) >= 11 is 0. The van der Waals surface area contributed by atoms with E-state index in [0.717, 1.165) is 18.8 Å². The second kappa shape index (κ2) is 8.27. The molecule has 1 N–H and O–H groups in total. The first-order valence-corrected chi connectivity index (χ1v) is 8.74. The Bertz CT molecular complexity index is 696. The maximum Gasteiger partial charge on any atom is 0.277 e. The third kappa shape index (κ3) is 4.67. The maximum absolute atomic E-state index is 12.2. The molecule has 1 aliphatic heterocycles. The van der Waals surface area contributed by atoms with Crippen LogP contribution >= 0.6 is 0 Å². The van der Waals surface area contributed by atoms with Gasteiger partial charge in [0.05, 0.1) is 0 Å². The molecule has 1 aromatic heterocycles. The molecule has 1 amide bonds. The Balaban J connectivity index is 1.57. The fourth-order valence-electron chi connectivity index (χ4n) is 3.15. The quantitative estimate of drug-likeness (QED) is 0.870. The van der Waals surface area contributed by atoms with E-state index in [1.807, 2.05) is 12.1 Å². The van der Waals surface area contributed by atoms with Crippen LogP contribution in [0.1, 0.15) is 48.0 Å². The van der Waals surface area contributed by atoms with E-state index >= 15 is 0 Å². The predicted molar refractivity (Wildman–Crippen MR) is 95.3 cm³/mol. The Labute approximate surface area is 148 Å². The molecule has 1 aromatic carbocycles. The van der Waals surface area contributed by atoms with Crippen molar-refractivity contribution in [3.63, 3.8) is 0 Å². The Morgan fingerprint density at radius 1 is 1.36 bits per heavy atom. The minimum Gasteiger partial charge on any atom is -0.377 e. The number of anilines is 1. The van der Waals surface area contributed by atoms with Gasteiger partial charge in [-0.2, -0.15) is 0 Å². The van der Waals surface area contributed by atoms with Crippen molar-refractivity contribution in [1.82, 2.24) is 10.1 Å². The van der Waals surface area contributed by atoms with E-state index in [1.54, 1.807) is 13.2 Å². The summed E-state index contributed by atoms with van der Waals surface area (Å²) in [6.45, 7) is 4.71. The van der Waals surface area contributed by atoms with Gasteiger partial charge in [-0.15, -0.1) is 0 Å². The number of hydrogen-bond donors (Lipinski definition) is 1. The summed E-state index contributed by atoms with van der Waals surface area (Å²) in [5.74, 6) is 0.238. The van der Waals surface area contributed by atoms with Crippen LogP contribution in [0.15, 0.2) is 34.9 Å². The summed E-state index contributed by atoms with van der Waals surface area (Å²) in [6, 6.07) is 10.2. The van der Waals surface area contributed by atoms with Gasteiger partial charge in [-0.05, 0) is 44.0 Å². The van der Waals surface area contributed by atoms with Gasteiger partial charge in [-0.3, -0.25) is 9.69 Å². The van der Waals surface area contributed by atoms with Crippen molar-refractivity contribution in [2.75, 3.05) is 19.0 Å². The number of benzene rings is 1. The number of aromatic nitrogens is 1. The highest BCUT2D eigenvalue weighted by Gasteiger charge is 2.18. The van der Waals surface area contributed by atoms with E-state index in [1.165, 1.54) is 24.8 Å². The van der Waals surface area contributed by atoms with Crippen LogP contribution in [-0.4, -0.2) is 35.7 Å². The smallest absolute Gasteiger partial charge is 0.277 e. The highest BCUT2D eigenvalue weighted by Crippen LogP contribution is 2.20. The van der Waals surface area contributed by atoms with Gasteiger partial charge in [0, 0.05) is 31.5 Å². The molecule has 134 valence electrons. The average Bonchev–Trinajstić information content (AvgIpc) is 3.08. The first kappa shape index (κ1) is 17.6. The molecule has 2 aromatic rings. The normalized spacial score (nSPS) is 18.2. The average molecular weight is 343 g/mol. The van der Waals surface area contributed by atoms with Crippen molar-refractivity contribution >= 4 is 11.6 Å². The Morgan fingerprint density at radius 2 is 2.16 bits per heavy atom. The van der Waals surface area contributed by atoms with Gasteiger partial charge in [0.1, 0.15) is 6.61 Å². The van der Waals surface area contributed by atoms with Crippen LogP contribution < -0.4 is 5.32 Å². The van der Waals surface area contributed by atoms with Gasteiger partial charge in [0.25, 0.3) is 5.91 Å². The molecule has 0 aliphatic carbocycles. The molecule has 25 heavy (non-hydrogen) atoms. The SMILES string of the molecule is COCc1cc(C(=O)Nc2ccc(CN3CCCC[C@@H]3C)cc2)no1. The topological polar surface area (TPSA) is 67.6 Å². The van der Waals surface area contributed by atoms with E-state index in [9.17, 15) is 4.79 Å². The van der Waals surface area contributed by atoms with Gasteiger partial charge in [-0.25, -0.2) is 0 Å². The number of amides is 1. The van der Waals surface area contributed by atoms with E-state index in [4.69, 9.17) is 9.26 Å². The lowest BCUT2D eigenvalue weighted by atomic mass is 10.0. The zero-order valence-corrected chi connectivity index (χ0v) is 14.8. The summed E-state index contributed by atoms with van der Waals surface area (Å²) in [5, 5.41) is 6.60. The molecule has 2 heterocycles.